The number of rotatable bonds is 15. The summed E-state index contributed by atoms with van der Waals surface area (Å²) in [5, 5.41) is 19.3. The van der Waals surface area contributed by atoms with Crippen molar-refractivity contribution in [1.82, 2.24) is 0 Å². The van der Waals surface area contributed by atoms with E-state index in [1.165, 1.54) is 51.0 Å². The average molecular weight is 353 g/mol. The molecule has 0 saturated heterocycles. The number of unbranched alkanes of at least 4 members (excludes halogenated alkanes) is 5. The maximum atomic E-state index is 9.95. The van der Waals surface area contributed by atoms with Crippen LogP contribution in [-0.2, 0) is 4.74 Å². The molecule has 4 heteroatoms. The van der Waals surface area contributed by atoms with Crippen LogP contribution in [0, 0.1) is 5.92 Å². The van der Waals surface area contributed by atoms with Gasteiger partial charge in [0.25, 0.3) is 0 Å². The highest BCUT2D eigenvalue weighted by atomic mass is 16.5. The van der Waals surface area contributed by atoms with Crippen molar-refractivity contribution in [3.8, 4) is 11.5 Å². The number of hydrogen-bond donors (Lipinski definition) is 2. The van der Waals surface area contributed by atoms with Crippen LogP contribution in [0.25, 0.3) is 0 Å². The molecule has 25 heavy (non-hydrogen) atoms. The van der Waals surface area contributed by atoms with Gasteiger partial charge in [0.2, 0.25) is 0 Å². The van der Waals surface area contributed by atoms with Crippen LogP contribution < -0.4 is 4.74 Å². The van der Waals surface area contributed by atoms with Crippen LogP contribution in [0.2, 0.25) is 0 Å². The van der Waals surface area contributed by atoms with Crippen molar-refractivity contribution in [2.24, 2.45) is 5.92 Å². The summed E-state index contributed by atoms with van der Waals surface area (Å²) in [7, 11) is 0. The van der Waals surface area contributed by atoms with Gasteiger partial charge >= 0.3 is 0 Å². The zero-order valence-electron chi connectivity index (χ0n) is 16.0. The Morgan fingerprint density at radius 2 is 1.72 bits per heavy atom. The van der Waals surface area contributed by atoms with Gasteiger partial charge in [0.15, 0.2) is 0 Å². The van der Waals surface area contributed by atoms with E-state index in [1.807, 2.05) is 0 Å². The molecule has 0 bridgehead atoms. The molecule has 0 aliphatic carbocycles. The Kier molecular flexibility index (Phi) is 12.2. The Labute approximate surface area is 153 Å². The molecule has 1 aromatic carbocycles. The van der Waals surface area contributed by atoms with Gasteiger partial charge in [-0.3, -0.25) is 0 Å². The van der Waals surface area contributed by atoms with Crippen molar-refractivity contribution in [3.05, 3.63) is 24.3 Å². The molecule has 1 rings (SSSR count). The minimum absolute atomic E-state index is 0.156. The molecule has 0 aromatic heterocycles. The highest BCUT2D eigenvalue weighted by Gasteiger charge is 2.10. The van der Waals surface area contributed by atoms with Crippen molar-refractivity contribution in [3.63, 3.8) is 0 Å². The van der Waals surface area contributed by atoms with E-state index in [0.717, 1.165) is 6.42 Å². The maximum absolute atomic E-state index is 9.95. The van der Waals surface area contributed by atoms with E-state index in [4.69, 9.17) is 9.47 Å². The second-order valence-electron chi connectivity index (χ2n) is 6.83. The van der Waals surface area contributed by atoms with Gasteiger partial charge in [-0.2, -0.15) is 0 Å². The molecule has 0 heterocycles. The Morgan fingerprint density at radius 1 is 0.960 bits per heavy atom. The molecule has 0 radical (unpaired) electrons. The third-order valence-electron chi connectivity index (χ3n) is 4.47. The minimum atomic E-state index is -0.658. The molecule has 0 amide bonds. The number of ether oxygens (including phenoxy) is 2. The molecule has 2 atom stereocenters. The summed E-state index contributed by atoms with van der Waals surface area (Å²) in [4.78, 5) is 0. The fourth-order valence-corrected chi connectivity index (χ4v) is 2.80. The molecule has 2 unspecified atom stereocenters. The van der Waals surface area contributed by atoms with Crippen LogP contribution in [0.15, 0.2) is 24.3 Å². The quantitative estimate of drug-likeness (QED) is 0.440. The summed E-state index contributed by atoms with van der Waals surface area (Å²) < 4.78 is 11.1. The van der Waals surface area contributed by atoms with Gasteiger partial charge in [0.1, 0.15) is 24.2 Å². The number of phenols is 1. The molecule has 144 valence electrons. The van der Waals surface area contributed by atoms with Gasteiger partial charge in [-0.15, -0.1) is 0 Å². The van der Waals surface area contributed by atoms with Crippen LogP contribution in [0.1, 0.15) is 65.2 Å². The first-order chi connectivity index (χ1) is 12.2. The van der Waals surface area contributed by atoms with Crippen molar-refractivity contribution < 1.29 is 19.7 Å². The Balaban J connectivity index is 2.08. The average Bonchev–Trinajstić information content (AvgIpc) is 2.61. The Bertz CT molecular complexity index is 436. The number of aliphatic hydroxyl groups is 1. The minimum Gasteiger partial charge on any atom is -0.508 e. The second kappa shape index (κ2) is 14.0. The number of aliphatic hydroxyl groups excluding tert-OH is 1. The smallest absolute Gasteiger partial charge is 0.123 e. The van der Waals surface area contributed by atoms with Gasteiger partial charge in [0.05, 0.1) is 6.61 Å². The monoisotopic (exact) mass is 352 g/mol. The first-order valence-corrected chi connectivity index (χ1v) is 9.83. The summed E-state index contributed by atoms with van der Waals surface area (Å²) in [6.07, 6.45) is 9.60. The van der Waals surface area contributed by atoms with E-state index in [0.29, 0.717) is 18.3 Å². The van der Waals surface area contributed by atoms with E-state index >= 15 is 0 Å². The summed E-state index contributed by atoms with van der Waals surface area (Å²) in [6, 6.07) is 6.57. The molecule has 0 spiro atoms. The zero-order chi connectivity index (χ0) is 18.3. The van der Waals surface area contributed by atoms with E-state index in [-0.39, 0.29) is 19.0 Å². The molecule has 0 aliphatic rings. The zero-order valence-corrected chi connectivity index (χ0v) is 16.0. The predicted octanol–water partition coefficient (Wildman–Crippen LogP) is 4.93. The van der Waals surface area contributed by atoms with Crippen LogP contribution in [-0.4, -0.2) is 36.1 Å². The van der Waals surface area contributed by atoms with E-state index in [1.54, 1.807) is 18.2 Å². The van der Waals surface area contributed by atoms with Gasteiger partial charge in [-0.1, -0.05) is 64.9 Å². The lowest BCUT2D eigenvalue weighted by atomic mass is 9.98. The lowest BCUT2D eigenvalue weighted by Crippen LogP contribution is -2.25. The van der Waals surface area contributed by atoms with Crippen molar-refractivity contribution in [2.75, 3.05) is 19.8 Å². The Morgan fingerprint density at radius 3 is 2.44 bits per heavy atom. The highest BCUT2D eigenvalue weighted by Crippen LogP contribution is 2.18. The van der Waals surface area contributed by atoms with Crippen molar-refractivity contribution in [2.45, 2.75) is 71.3 Å². The van der Waals surface area contributed by atoms with E-state index < -0.39 is 6.10 Å². The number of hydrogen-bond acceptors (Lipinski definition) is 4. The lowest BCUT2D eigenvalue weighted by Gasteiger charge is -2.17. The maximum Gasteiger partial charge on any atom is 0.123 e. The molecule has 1 aromatic rings. The first-order valence-electron chi connectivity index (χ1n) is 9.83. The second-order valence-corrected chi connectivity index (χ2v) is 6.83. The summed E-state index contributed by atoms with van der Waals surface area (Å²) in [5.41, 5.74) is 0. The topological polar surface area (TPSA) is 58.9 Å². The van der Waals surface area contributed by atoms with Crippen LogP contribution in [0.5, 0.6) is 11.5 Å². The van der Waals surface area contributed by atoms with Gasteiger partial charge < -0.3 is 19.7 Å². The SMILES string of the molecule is CCCCCCCCC(CC)COCC(O)COc1cccc(O)c1. The molecule has 0 aliphatic heterocycles. The van der Waals surface area contributed by atoms with Gasteiger partial charge in [-0.05, 0) is 24.5 Å². The van der Waals surface area contributed by atoms with Gasteiger partial charge in [-0.25, -0.2) is 0 Å². The molecule has 0 fully saturated rings. The molecular weight excluding hydrogens is 316 g/mol. The summed E-state index contributed by atoms with van der Waals surface area (Å²) >= 11 is 0. The van der Waals surface area contributed by atoms with Gasteiger partial charge in [0, 0.05) is 12.7 Å². The number of aromatic hydroxyl groups is 1. The Hall–Kier alpha value is -1.26. The lowest BCUT2D eigenvalue weighted by molar-refractivity contribution is -0.00116. The number of phenolic OH excluding ortho intramolecular Hbond substituents is 1. The standard InChI is InChI=1S/C21H36O4/c1-3-5-6-7-8-9-11-18(4-2)15-24-16-20(23)17-25-21-13-10-12-19(22)14-21/h10,12-14,18,20,22-23H,3-9,11,15-17H2,1-2H3. The fourth-order valence-electron chi connectivity index (χ4n) is 2.80. The largest absolute Gasteiger partial charge is 0.508 e. The highest BCUT2D eigenvalue weighted by molar-refractivity contribution is 5.31. The molecule has 4 nitrogen and oxygen atoms in total. The first kappa shape index (κ1) is 21.8. The molecular formula is C21H36O4. The normalized spacial score (nSPS) is 13.6. The van der Waals surface area contributed by atoms with E-state index in [2.05, 4.69) is 13.8 Å². The molecule has 2 N–H and O–H groups in total. The van der Waals surface area contributed by atoms with Crippen molar-refractivity contribution in [1.29, 1.82) is 0 Å². The predicted molar refractivity (Wildman–Crippen MR) is 102 cm³/mol. The summed E-state index contributed by atoms with van der Waals surface area (Å²) in [6.45, 7) is 5.60. The van der Waals surface area contributed by atoms with E-state index in [9.17, 15) is 10.2 Å². The van der Waals surface area contributed by atoms with Crippen LogP contribution >= 0.6 is 0 Å². The van der Waals surface area contributed by atoms with Crippen LogP contribution in [0.4, 0.5) is 0 Å². The molecule has 0 saturated carbocycles. The fraction of sp³-hybridized carbons (Fsp3) is 0.714. The third-order valence-corrected chi connectivity index (χ3v) is 4.47. The van der Waals surface area contributed by atoms with Crippen molar-refractivity contribution >= 4 is 0 Å². The third kappa shape index (κ3) is 11.1. The number of benzene rings is 1. The summed E-state index contributed by atoms with van der Waals surface area (Å²) in [5.74, 6) is 1.28. The van der Waals surface area contributed by atoms with Crippen LogP contribution in [0.3, 0.4) is 0 Å².